The lowest BCUT2D eigenvalue weighted by Crippen LogP contribution is -2.39. The van der Waals surface area contributed by atoms with Gasteiger partial charge in [0.15, 0.2) is 0 Å². The van der Waals surface area contributed by atoms with Crippen molar-refractivity contribution in [3.05, 3.63) is 18.0 Å². The highest BCUT2D eigenvalue weighted by Crippen LogP contribution is 2.47. The maximum Gasteiger partial charge on any atom is 0.241 e. The number of aromatic nitrogens is 2. The molecular weight excluding hydrogens is 288 g/mol. The van der Waals surface area contributed by atoms with Gasteiger partial charge < -0.3 is 10.6 Å². The number of halogens is 1. The number of rotatable bonds is 5. The first-order valence-corrected chi connectivity index (χ1v) is 7.61. The number of nitrogens with zero attached hydrogens (tertiary/aromatic N) is 2. The average Bonchev–Trinajstić information content (AvgIpc) is 3.14. The summed E-state index contributed by atoms with van der Waals surface area (Å²) in [5.74, 6) is 2.54. The summed E-state index contributed by atoms with van der Waals surface area (Å²) >= 11 is 0. The molecule has 0 saturated heterocycles. The van der Waals surface area contributed by atoms with E-state index in [1.54, 1.807) is 10.9 Å². The molecule has 1 heterocycles. The van der Waals surface area contributed by atoms with Crippen LogP contribution in [0.3, 0.4) is 0 Å². The Morgan fingerprint density at radius 2 is 2.29 bits per heavy atom. The van der Waals surface area contributed by atoms with Crippen LogP contribution < -0.4 is 10.6 Å². The second kappa shape index (κ2) is 6.79. The maximum absolute atomic E-state index is 12.3. The maximum atomic E-state index is 12.3. The second-order valence-corrected chi connectivity index (χ2v) is 6.35. The fourth-order valence-electron chi connectivity index (χ4n) is 4.00. The highest BCUT2D eigenvalue weighted by Gasteiger charge is 2.39. The van der Waals surface area contributed by atoms with Gasteiger partial charge in [-0.2, -0.15) is 5.10 Å². The van der Waals surface area contributed by atoms with Crippen LogP contribution in [0.1, 0.15) is 37.3 Å². The van der Waals surface area contributed by atoms with Crippen molar-refractivity contribution < 1.29 is 4.79 Å². The molecule has 0 aliphatic heterocycles. The van der Waals surface area contributed by atoms with Crippen LogP contribution in [0.5, 0.6) is 0 Å². The van der Waals surface area contributed by atoms with Gasteiger partial charge in [0.25, 0.3) is 0 Å². The number of hydrogen-bond acceptors (Lipinski definition) is 3. The Morgan fingerprint density at radius 3 is 2.81 bits per heavy atom. The minimum Gasteiger partial charge on any atom is -0.354 e. The fourth-order valence-corrected chi connectivity index (χ4v) is 4.00. The SMILES string of the molecule is CNC(C(=O)NCC1CC2CCC1C2)c1cnn(C)c1.Cl. The van der Waals surface area contributed by atoms with Crippen LogP contribution in [0.2, 0.25) is 0 Å². The van der Waals surface area contributed by atoms with Gasteiger partial charge in [-0.3, -0.25) is 9.48 Å². The molecule has 118 valence electrons. The Morgan fingerprint density at radius 1 is 1.48 bits per heavy atom. The minimum absolute atomic E-state index is 0. The van der Waals surface area contributed by atoms with Crippen LogP contribution >= 0.6 is 12.4 Å². The normalized spacial score (nSPS) is 28.2. The first-order valence-electron chi connectivity index (χ1n) is 7.61. The molecular formula is C15H25ClN4O. The molecule has 0 radical (unpaired) electrons. The van der Waals surface area contributed by atoms with E-state index in [4.69, 9.17) is 0 Å². The molecule has 1 aromatic rings. The standard InChI is InChI=1S/C15H24N4O.ClH/c1-16-14(13-8-18-19(2)9-13)15(20)17-7-12-6-10-3-4-11(12)5-10;/h8-12,14,16H,3-7H2,1-2H3,(H,17,20);1H. The van der Waals surface area contributed by atoms with Crippen molar-refractivity contribution >= 4 is 18.3 Å². The van der Waals surface area contributed by atoms with Crippen LogP contribution in [0.4, 0.5) is 0 Å². The zero-order chi connectivity index (χ0) is 14.1. The van der Waals surface area contributed by atoms with Crippen molar-refractivity contribution in [1.82, 2.24) is 20.4 Å². The van der Waals surface area contributed by atoms with Gasteiger partial charge >= 0.3 is 0 Å². The van der Waals surface area contributed by atoms with Gasteiger partial charge in [0, 0.05) is 25.4 Å². The van der Waals surface area contributed by atoms with E-state index < -0.39 is 0 Å². The number of carbonyl (C=O) groups excluding carboxylic acids is 1. The third-order valence-electron chi connectivity index (χ3n) is 5.03. The highest BCUT2D eigenvalue weighted by atomic mass is 35.5. The molecule has 1 aromatic heterocycles. The molecule has 4 atom stereocenters. The van der Waals surface area contributed by atoms with Gasteiger partial charge in [-0.05, 0) is 44.1 Å². The molecule has 2 bridgehead atoms. The van der Waals surface area contributed by atoms with Crippen LogP contribution in [0.25, 0.3) is 0 Å². The van der Waals surface area contributed by atoms with E-state index in [2.05, 4.69) is 15.7 Å². The number of fused-ring (bicyclic) bond motifs is 2. The lowest BCUT2D eigenvalue weighted by molar-refractivity contribution is -0.123. The summed E-state index contributed by atoms with van der Waals surface area (Å²) in [5.41, 5.74) is 0.917. The Kier molecular flexibility index (Phi) is 5.27. The topological polar surface area (TPSA) is 59.0 Å². The third-order valence-corrected chi connectivity index (χ3v) is 5.03. The third kappa shape index (κ3) is 3.40. The van der Waals surface area contributed by atoms with E-state index in [1.807, 2.05) is 20.3 Å². The van der Waals surface area contributed by atoms with Crippen LogP contribution in [0, 0.1) is 17.8 Å². The summed E-state index contributed by atoms with van der Waals surface area (Å²) in [6.07, 6.45) is 9.10. The summed E-state index contributed by atoms with van der Waals surface area (Å²) in [6, 6.07) is -0.303. The van der Waals surface area contributed by atoms with Crippen LogP contribution in [0.15, 0.2) is 12.4 Å². The van der Waals surface area contributed by atoms with E-state index in [1.165, 1.54) is 25.7 Å². The van der Waals surface area contributed by atoms with Crippen LogP contribution in [-0.2, 0) is 11.8 Å². The Labute approximate surface area is 132 Å². The van der Waals surface area contributed by atoms with Gasteiger partial charge in [-0.1, -0.05) is 6.42 Å². The molecule has 1 amide bonds. The van der Waals surface area contributed by atoms with Gasteiger partial charge in [0.2, 0.25) is 5.91 Å². The monoisotopic (exact) mass is 312 g/mol. The molecule has 3 rings (SSSR count). The van der Waals surface area contributed by atoms with Gasteiger partial charge in [0.1, 0.15) is 6.04 Å². The van der Waals surface area contributed by atoms with E-state index in [0.717, 1.165) is 23.9 Å². The first-order chi connectivity index (χ1) is 9.67. The molecule has 6 heteroatoms. The van der Waals surface area contributed by atoms with Gasteiger partial charge in [-0.25, -0.2) is 0 Å². The number of nitrogens with one attached hydrogen (secondary N) is 2. The lowest BCUT2D eigenvalue weighted by Gasteiger charge is -2.23. The fraction of sp³-hybridized carbons (Fsp3) is 0.733. The smallest absolute Gasteiger partial charge is 0.241 e. The Hall–Kier alpha value is -1.07. The zero-order valence-corrected chi connectivity index (χ0v) is 13.5. The summed E-state index contributed by atoms with van der Waals surface area (Å²) in [6.45, 7) is 0.832. The summed E-state index contributed by atoms with van der Waals surface area (Å²) in [4.78, 5) is 12.3. The number of likely N-dealkylation sites (N-methyl/N-ethyl adjacent to an activating group) is 1. The predicted molar refractivity (Wildman–Crippen MR) is 84.2 cm³/mol. The molecule has 5 nitrogen and oxygen atoms in total. The van der Waals surface area contributed by atoms with E-state index in [9.17, 15) is 4.79 Å². The van der Waals surface area contributed by atoms with Crippen molar-refractivity contribution in [3.8, 4) is 0 Å². The molecule has 21 heavy (non-hydrogen) atoms. The van der Waals surface area contributed by atoms with E-state index in [-0.39, 0.29) is 24.4 Å². The number of aryl methyl sites for hydroxylation is 1. The number of amides is 1. The zero-order valence-electron chi connectivity index (χ0n) is 12.7. The number of carbonyl (C=O) groups is 1. The Balaban J connectivity index is 0.00000161. The first kappa shape index (κ1) is 16.3. The van der Waals surface area contributed by atoms with Crippen molar-refractivity contribution in [2.24, 2.45) is 24.8 Å². The lowest BCUT2D eigenvalue weighted by atomic mass is 9.89. The largest absolute Gasteiger partial charge is 0.354 e. The molecule has 2 fully saturated rings. The van der Waals surface area contributed by atoms with Crippen molar-refractivity contribution in [3.63, 3.8) is 0 Å². The highest BCUT2D eigenvalue weighted by molar-refractivity contribution is 5.85. The Bertz CT molecular complexity index is 490. The predicted octanol–water partition coefficient (Wildman–Crippen LogP) is 1.65. The van der Waals surface area contributed by atoms with E-state index >= 15 is 0 Å². The summed E-state index contributed by atoms with van der Waals surface area (Å²) < 4.78 is 1.73. The molecule has 2 aliphatic carbocycles. The van der Waals surface area contributed by atoms with Crippen molar-refractivity contribution in [2.45, 2.75) is 31.7 Å². The second-order valence-electron chi connectivity index (χ2n) is 6.35. The van der Waals surface area contributed by atoms with Crippen LogP contribution in [-0.4, -0.2) is 29.3 Å². The molecule has 0 aromatic carbocycles. The molecule has 0 spiro atoms. The van der Waals surface area contributed by atoms with E-state index in [0.29, 0.717) is 5.92 Å². The molecule has 2 N–H and O–H groups in total. The van der Waals surface area contributed by atoms with Gasteiger partial charge in [0.05, 0.1) is 6.20 Å². The average molecular weight is 313 g/mol. The molecule has 2 saturated carbocycles. The summed E-state index contributed by atoms with van der Waals surface area (Å²) in [5, 5.41) is 10.3. The molecule has 2 aliphatic rings. The minimum atomic E-state index is -0.303. The number of hydrogen-bond donors (Lipinski definition) is 2. The van der Waals surface area contributed by atoms with Crippen molar-refractivity contribution in [2.75, 3.05) is 13.6 Å². The van der Waals surface area contributed by atoms with Crippen molar-refractivity contribution in [1.29, 1.82) is 0 Å². The van der Waals surface area contributed by atoms with Gasteiger partial charge in [-0.15, -0.1) is 12.4 Å². The summed E-state index contributed by atoms with van der Waals surface area (Å²) in [7, 11) is 3.68. The quantitative estimate of drug-likeness (QED) is 0.869. The molecule has 4 unspecified atom stereocenters.